The molecule has 5 heteroatoms. The fourth-order valence-corrected chi connectivity index (χ4v) is 4.58. The molecule has 0 aromatic heterocycles. The van der Waals surface area contributed by atoms with E-state index in [1.165, 1.54) is 16.7 Å². The minimum atomic E-state index is 0.0618. The van der Waals surface area contributed by atoms with Gasteiger partial charge in [0.15, 0.2) is 5.78 Å². The van der Waals surface area contributed by atoms with E-state index in [4.69, 9.17) is 11.6 Å². The average molecular weight is 411 g/mol. The Morgan fingerprint density at radius 3 is 2.38 bits per heavy atom. The van der Waals surface area contributed by atoms with Crippen LogP contribution in [0.1, 0.15) is 58.6 Å². The molecule has 2 aromatic rings. The molecule has 152 valence electrons. The van der Waals surface area contributed by atoms with Crippen LogP contribution >= 0.6 is 11.6 Å². The molecule has 1 saturated heterocycles. The van der Waals surface area contributed by atoms with Crippen molar-refractivity contribution in [1.82, 2.24) is 9.80 Å². The van der Waals surface area contributed by atoms with Gasteiger partial charge in [0.1, 0.15) is 0 Å². The van der Waals surface area contributed by atoms with Crippen LogP contribution in [0.3, 0.4) is 0 Å². The summed E-state index contributed by atoms with van der Waals surface area (Å²) in [5.41, 5.74) is 4.55. The van der Waals surface area contributed by atoms with Crippen molar-refractivity contribution in [2.24, 2.45) is 0 Å². The Labute approximate surface area is 177 Å². The number of fused-ring (bicyclic) bond motifs is 1. The van der Waals surface area contributed by atoms with Crippen molar-refractivity contribution < 1.29 is 9.59 Å². The monoisotopic (exact) mass is 410 g/mol. The number of carbonyl (C=O) groups excluding carboxylic acids is 2. The first-order chi connectivity index (χ1) is 14.0. The quantitative estimate of drug-likeness (QED) is 0.673. The summed E-state index contributed by atoms with van der Waals surface area (Å²) in [6, 6.07) is 14.0. The van der Waals surface area contributed by atoms with Crippen LogP contribution in [0.4, 0.5) is 0 Å². The van der Waals surface area contributed by atoms with Gasteiger partial charge in [0.25, 0.3) is 0 Å². The third kappa shape index (κ3) is 4.71. The van der Waals surface area contributed by atoms with Crippen LogP contribution in [0.5, 0.6) is 0 Å². The van der Waals surface area contributed by atoms with Gasteiger partial charge in [-0.15, -0.1) is 0 Å². The molecule has 2 aliphatic rings. The highest BCUT2D eigenvalue weighted by atomic mass is 35.5. The molecule has 4 rings (SSSR count). The van der Waals surface area contributed by atoms with Crippen LogP contribution < -0.4 is 0 Å². The van der Waals surface area contributed by atoms with Crippen molar-refractivity contribution in [3.05, 3.63) is 69.7 Å². The fraction of sp³-hybridized carbons (Fsp3) is 0.417. The summed E-state index contributed by atoms with van der Waals surface area (Å²) in [6.45, 7) is 3.34. The molecular weight excluding hydrogens is 384 g/mol. The second-order valence-corrected chi connectivity index (χ2v) is 8.72. The molecule has 0 N–H and O–H groups in total. The molecule has 0 bridgehead atoms. The number of nitrogens with zero attached hydrogens (tertiary/aromatic N) is 2. The lowest BCUT2D eigenvalue weighted by atomic mass is 9.89. The first kappa shape index (κ1) is 20.1. The number of benzene rings is 2. The number of ketones is 1. The molecule has 29 heavy (non-hydrogen) atoms. The molecule has 0 saturated carbocycles. The van der Waals surface area contributed by atoms with Gasteiger partial charge in [0.2, 0.25) is 5.91 Å². The van der Waals surface area contributed by atoms with E-state index in [2.05, 4.69) is 30.1 Å². The minimum absolute atomic E-state index is 0.0618. The molecule has 4 nitrogen and oxygen atoms in total. The van der Waals surface area contributed by atoms with E-state index in [1.54, 1.807) is 0 Å². The summed E-state index contributed by atoms with van der Waals surface area (Å²) in [6.07, 6.45) is 2.49. The normalized spacial score (nSPS) is 17.4. The topological polar surface area (TPSA) is 40.6 Å². The minimum Gasteiger partial charge on any atom is -0.343 e. The van der Waals surface area contributed by atoms with E-state index in [0.29, 0.717) is 12.3 Å². The van der Waals surface area contributed by atoms with Gasteiger partial charge < -0.3 is 4.90 Å². The Hall–Kier alpha value is -2.17. The van der Waals surface area contributed by atoms with Crippen LogP contribution in [-0.4, -0.2) is 41.6 Å². The number of carbonyl (C=O) groups is 2. The predicted octanol–water partition coefficient (Wildman–Crippen LogP) is 4.65. The number of likely N-dealkylation sites (tertiary alicyclic amines) is 1. The van der Waals surface area contributed by atoms with Crippen molar-refractivity contribution in [1.29, 1.82) is 0 Å². The first-order valence-electron chi connectivity index (χ1n) is 10.4. The summed E-state index contributed by atoms with van der Waals surface area (Å²) >= 11 is 5.97. The molecule has 0 radical (unpaired) electrons. The lowest BCUT2D eigenvalue weighted by molar-refractivity contribution is -0.132. The number of Topliss-reactive ketones (excluding diaryl/α,β-unsaturated/α-hetero) is 1. The molecule has 0 aliphatic carbocycles. The Balaban J connectivity index is 1.26. The van der Waals surface area contributed by atoms with E-state index in [1.807, 2.05) is 29.2 Å². The van der Waals surface area contributed by atoms with Gasteiger partial charge in [0.05, 0.1) is 0 Å². The molecule has 1 fully saturated rings. The summed E-state index contributed by atoms with van der Waals surface area (Å²) in [7, 11) is 2.08. The highest BCUT2D eigenvalue weighted by Crippen LogP contribution is 2.29. The molecule has 2 aromatic carbocycles. The van der Waals surface area contributed by atoms with E-state index in [0.717, 1.165) is 49.6 Å². The van der Waals surface area contributed by atoms with Gasteiger partial charge in [-0.2, -0.15) is 0 Å². The fourth-order valence-electron chi connectivity index (χ4n) is 4.46. The highest BCUT2D eigenvalue weighted by molar-refractivity contribution is 6.30. The van der Waals surface area contributed by atoms with Crippen LogP contribution in [0, 0.1) is 0 Å². The maximum absolute atomic E-state index is 12.6. The third-order valence-electron chi connectivity index (χ3n) is 6.16. The Kier molecular flexibility index (Phi) is 6.02. The van der Waals surface area contributed by atoms with Crippen molar-refractivity contribution in [3.8, 4) is 0 Å². The van der Waals surface area contributed by atoms with Gasteiger partial charge in [-0.25, -0.2) is 0 Å². The van der Waals surface area contributed by atoms with Crippen molar-refractivity contribution >= 4 is 23.3 Å². The summed E-state index contributed by atoms with van der Waals surface area (Å²) < 4.78 is 0. The molecule has 2 aliphatic heterocycles. The van der Waals surface area contributed by atoms with Crippen molar-refractivity contribution in [2.45, 2.75) is 44.7 Å². The highest BCUT2D eigenvalue weighted by Gasteiger charge is 2.24. The van der Waals surface area contributed by atoms with Gasteiger partial charge in [0, 0.05) is 49.6 Å². The van der Waals surface area contributed by atoms with Crippen molar-refractivity contribution in [3.63, 3.8) is 0 Å². The number of hydrogen-bond acceptors (Lipinski definition) is 3. The number of amides is 1. The SMILES string of the molecule is CN1Cc2ccc(C(=O)CCC(=O)N3CCC(c4ccc(Cl)cc4)CC3)cc2C1. The summed E-state index contributed by atoms with van der Waals surface area (Å²) in [4.78, 5) is 29.3. The Morgan fingerprint density at radius 2 is 1.66 bits per heavy atom. The van der Waals surface area contributed by atoms with E-state index >= 15 is 0 Å². The summed E-state index contributed by atoms with van der Waals surface area (Å²) in [5.74, 6) is 0.628. The van der Waals surface area contributed by atoms with Crippen LogP contribution in [0.25, 0.3) is 0 Å². The van der Waals surface area contributed by atoms with Gasteiger partial charge in [-0.3, -0.25) is 14.5 Å². The largest absolute Gasteiger partial charge is 0.343 e. The molecule has 0 atom stereocenters. The standard InChI is InChI=1S/C24H27ClN2O2/c1-26-15-20-3-2-19(14-21(20)16-26)23(28)8-9-24(29)27-12-10-18(11-13-27)17-4-6-22(25)7-5-17/h2-7,14,18H,8-13,15-16H2,1H3. The smallest absolute Gasteiger partial charge is 0.223 e. The Morgan fingerprint density at radius 1 is 0.966 bits per heavy atom. The average Bonchev–Trinajstić information content (AvgIpc) is 3.11. The second-order valence-electron chi connectivity index (χ2n) is 8.29. The zero-order valence-electron chi connectivity index (χ0n) is 16.9. The number of piperidine rings is 1. The first-order valence-corrected chi connectivity index (χ1v) is 10.7. The van der Waals surface area contributed by atoms with Crippen LogP contribution in [0.15, 0.2) is 42.5 Å². The molecule has 0 spiro atoms. The maximum Gasteiger partial charge on any atom is 0.223 e. The second kappa shape index (κ2) is 8.68. The van der Waals surface area contributed by atoms with Gasteiger partial charge >= 0.3 is 0 Å². The zero-order valence-corrected chi connectivity index (χ0v) is 17.6. The molecule has 0 unspecified atom stereocenters. The summed E-state index contributed by atoms with van der Waals surface area (Å²) in [5, 5.41) is 0.751. The number of halogens is 1. The van der Waals surface area contributed by atoms with Crippen LogP contribution in [-0.2, 0) is 17.9 Å². The third-order valence-corrected chi connectivity index (χ3v) is 6.42. The number of hydrogen-bond donors (Lipinski definition) is 0. The zero-order chi connectivity index (χ0) is 20.4. The number of rotatable bonds is 5. The maximum atomic E-state index is 12.6. The van der Waals surface area contributed by atoms with E-state index in [-0.39, 0.29) is 18.1 Å². The Bertz CT molecular complexity index is 902. The van der Waals surface area contributed by atoms with Crippen molar-refractivity contribution in [2.75, 3.05) is 20.1 Å². The molecule has 1 amide bonds. The molecule has 2 heterocycles. The molecular formula is C24H27ClN2O2. The van der Waals surface area contributed by atoms with E-state index in [9.17, 15) is 9.59 Å². The predicted molar refractivity (Wildman–Crippen MR) is 115 cm³/mol. The lowest BCUT2D eigenvalue weighted by Gasteiger charge is -2.32. The lowest BCUT2D eigenvalue weighted by Crippen LogP contribution is -2.38. The van der Waals surface area contributed by atoms with E-state index < -0.39 is 0 Å². The van der Waals surface area contributed by atoms with Crippen LogP contribution in [0.2, 0.25) is 5.02 Å². The van der Waals surface area contributed by atoms with Gasteiger partial charge in [-0.05, 0) is 60.7 Å². The van der Waals surface area contributed by atoms with Gasteiger partial charge in [-0.1, -0.05) is 35.9 Å².